The highest BCUT2D eigenvalue weighted by Gasteiger charge is 2.24. The van der Waals surface area contributed by atoms with E-state index in [1.165, 1.54) is 21.6 Å². The minimum absolute atomic E-state index is 0.296. The van der Waals surface area contributed by atoms with Gasteiger partial charge in [0, 0.05) is 29.4 Å². The lowest BCUT2D eigenvalue weighted by molar-refractivity contribution is -0.149. The predicted octanol–water partition coefficient (Wildman–Crippen LogP) is 6.23. The fraction of sp³-hybridized carbons (Fsp3) is 0.296. The minimum atomic E-state index is -0.936. The normalized spacial score (nSPS) is 15.7. The maximum Gasteiger partial charge on any atom is 0.333 e. The zero-order valence-electron chi connectivity index (χ0n) is 18.6. The molecule has 0 saturated carbocycles. The second-order valence-electron chi connectivity index (χ2n) is 7.75. The average Bonchev–Trinajstić information content (AvgIpc) is 2.99. The van der Waals surface area contributed by atoms with Crippen molar-refractivity contribution in [1.82, 2.24) is 0 Å². The summed E-state index contributed by atoms with van der Waals surface area (Å²) in [6.45, 7) is 2.79. The number of aliphatic carboxylic acids is 1. The van der Waals surface area contributed by atoms with Gasteiger partial charge in [-0.3, -0.25) is 0 Å². The second-order valence-corrected chi connectivity index (χ2v) is 9.99. The van der Waals surface area contributed by atoms with E-state index in [0.717, 1.165) is 22.8 Å². The van der Waals surface area contributed by atoms with Gasteiger partial charge in [0.15, 0.2) is 6.10 Å². The van der Waals surface area contributed by atoms with E-state index < -0.39 is 12.1 Å². The van der Waals surface area contributed by atoms with Crippen molar-refractivity contribution in [3.8, 4) is 5.75 Å². The SMILES string of the molecule is CCOC(Cc1ccc(OCCSC2c3ccccc3CSc3ccccc32)cc1)C(=O)O. The Morgan fingerprint density at radius 2 is 1.79 bits per heavy atom. The molecule has 4 nitrogen and oxygen atoms in total. The molecule has 0 amide bonds. The van der Waals surface area contributed by atoms with E-state index in [2.05, 4.69) is 48.5 Å². The van der Waals surface area contributed by atoms with Crippen LogP contribution in [-0.4, -0.2) is 36.1 Å². The Morgan fingerprint density at radius 3 is 2.55 bits per heavy atom. The number of rotatable bonds is 10. The first kappa shape index (κ1) is 23.7. The molecule has 172 valence electrons. The molecular formula is C27H28O4S2. The average molecular weight is 481 g/mol. The fourth-order valence-corrected chi connectivity index (χ4v) is 6.32. The van der Waals surface area contributed by atoms with Crippen LogP contribution in [0.2, 0.25) is 0 Å². The molecule has 3 aromatic rings. The predicted molar refractivity (Wildman–Crippen MR) is 135 cm³/mol. The highest BCUT2D eigenvalue weighted by molar-refractivity contribution is 8.00. The topological polar surface area (TPSA) is 55.8 Å². The third-order valence-corrected chi connectivity index (χ3v) is 7.93. The molecule has 1 N–H and O–H groups in total. The summed E-state index contributed by atoms with van der Waals surface area (Å²) in [7, 11) is 0. The van der Waals surface area contributed by atoms with Crippen LogP contribution in [0.4, 0.5) is 0 Å². The van der Waals surface area contributed by atoms with Crippen molar-refractivity contribution in [2.75, 3.05) is 19.0 Å². The maximum atomic E-state index is 11.3. The van der Waals surface area contributed by atoms with Crippen molar-refractivity contribution in [3.05, 3.63) is 95.1 Å². The molecule has 0 spiro atoms. The van der Waals surface area contributed by atoms with Gasteiger partial charge in [0.05, 0.1) is 11.9 Å². The first-order valence-electron chi connectivity index (χ1n) is 11.1. The van der Waals surface area contributed by atoms with Crippen LogP contribution in [0.15, 0.2) is 77.7 Å². The number of benzene rings is 3. The fourth-order valence-electron chi connectivity index (χ4n) is 3.93. The van der Waals surface area contributed by atoms with E-state index >= 15 is 0 Å². The molecule has 2 unspecified atom stereocenters. The van der Waals surface area contributed by atoms with Gasteiger partial charge in [-0.2, -0.15) is 0 Å². The number of thioether (sulfide) groups is 2. The van der Waals surface area contributed by atoms with Crippen LogP contribution in [0.25, 0.3) is 0 Å². The highest BCUT2D eigenvalue weighted by Crippen LogP contribution is 2.45. The van der Waals surface area contributed by atoms with E-state index in [0.29, 0.717) is 24.9 Å². The molecule has 33 heavy (non-hydrogen) atoms. The Hall–Kier alpha value is -2.41. The first-order valence-corrected chi connectivity index (χ1v) is 13.2. The summed E-state index contributed by atoms with van der Waals surface area (Å²) in [5.74, 6) is 1.72. The van der Waals surface area contributed by atoms with Crippen molar-refractivity contribution in [3.63, 3.8) is 0 Å². The standard InChI is InChI=1S/C27H28O4S2/c1-2-30-24(27(28)29)17-19-11-13-21(14-12-19)31-15-16-32-26-22-8-4-3-7-20(22)18-33-25-10-6-5-9-23(25)26/h3-14,24,26H,2,15-18H2,1H3,(H,28,29). The van der Waals surface area contributed by atoms with Gasteiger partial charge in [0.2, 0.25) is 0 Å². The van der Waals surface area contributed by atoms with E-state index in [4.69, 9.17) is 9.47 Å². The molecule has 6 heteroatoms. The Labute approximate surface area is 203 Å². The van der Waals surface area contributed by atoms with Crippen LogP contribution >= 0.6 is 23.5 Å². The Bertz CT molecular complexity index is 1020. The number of fused-ring (bicyclic) bond motifs is 2. The molecule has 0 bridgehead atoms. The number of carboxylic acids is 1. The first-order chi connectivity index (χ1) is 16.2. The summed E-state index contributed by atoms with van der Waals surface area (Å²) in [5.41, 5.74) is 5.09. The van der Waals surface area contributed by atoms with Crippen LogP contribution in [-0.2, 0) is 21.7 Å². The van der Waals surface area contributed by atoms with E-state index in [9.17, 15) is 9.90 Å². The molecule has 1 heterocycles. The smallest absolute Gasteiger partial charge is 0.333 e. The largest absolute Gasteiger partial charge is 0.493 e. The zero-order valence-corrected chi connectivity index (χ0v) is 20.2. The summed E-state index contributed by atoms with van der Waals surface area (Å²) >= 11 is 3.83. The quantitative estimate of drug-likeness (QED) is 0.347. The van der Waals surface area contributed by atoms with Gasteiger partial charge in [-0.15, -0.1) is 23.5 Å². The van der Waals surface area contributed by atoms with Gasteiger partial charge in [0.1, 0.15) is 5.75 Å². The molecule has 0 aromatic heterocycles. The van der Waals surface area contributed by atoms with Crippen LogP contribution in [0.3, 0.4) is 0 Å². The lowest BCUT2D eigenvalue weighted by Gasteiger charge is -2.19. The Morgan fingerprint density at radius 1 is 1.06 bits per heavy atom. The molecule has 1 aliphatic heterocycles. The lowest BCUT2D eigenvalue weighted by atomic mass is 10.0. The van der Waals surface area contributed by atoms with Gasteiger partial charge in [0.25, 0.3) is 0 Å². The number of ether oxygens (including phenoxy) is 2. The summed E-state index contributed by atoms with van der Waals surface area (Å²) in [6.07, 6.45) is -0.473. The van der Waals surface area contributed by atoms with Crippen molar-refractivity contribution in [2.24, 2.45) is 0 Å². The van der Waals surface area contributed by atoms with E-state index in [-0.39, 0.29) is 0 Å². The van der Waals surface area contributed by atoms with Crippen LogP contribution in [0.1, 0.15) is 34.4 Å². The Kier molecular flexibility index (Phi) is 8.37. The van der Waals surface area contributed by atoms with Gasteiger partial charge in [-0.25, -0.2) is 4.79 Å². The molecule has 0 radical (unpaired) electrons. The van der Waals surface area contributed by atoms with Gasteiger partial charge in [-0.05, 0) is 47.4 Å². The molecule has 2 atom stereocenters. The van der Waals surface area contributed by atoms with E-state index in [1.54, 1.807) is 6.92 Å². The summed E-state index contributed by atoms with van der Waals surface area (Å²) in [6, 6.07) is 25.1. The van der Waals surface area contributed by atoms with Crippen molar-refractivity contribution in [1.29, 1.82) is 0 Å². The van der Waals surface area contributed by atoms with Gasteiger partial charge in [-0.1, -0.05) is 54.6 Å². The molecule has 0 fully saturated rings. The Balaban J connectivity index is 1.35. The third kappa shape index (κ3) is 6.14. The maximum absolute atomic E-state index is 11.3. The molecule has 0 saturated heterocycles. The molecule has 3 aromatic carbocycles. The van der Waals surface area contributed by atoms with Crippen LogP contribution in [0.5, 0.6) is 5.75 Å². The van der Waals surface area contributed by atoms with Crippen LogP contribution in [0, 0.1) is 0 Å². The van der Waals surface area contributed by atoms with Crippen LogP contribution < -0.4 is 4.74 Å². The second kappa shape index (κ2) is 11.6. The summed E-state index contributed by atoms with van der Waals surface area (Å²) in [4.78, 5) is 12.6. The highest BCUT2D eigenvalue weighted by atomic mass is 32.2. The number of carbonyl (C=O) groups is 1. The lowest BCUT2D eigenvalue weighted by Crippen LogP contribution is -2.26. The molecule has 1 aliphatic rings. The summed E-state index contributed by atoms with van der Waals surface area (Å²) in [5, 5.41) is 9.55. The molecule has 4 rings (SSSR count). The number of hydrogen-bond acceptors (Lipinski definition) is 5. The minimum Gasteiger partial charge on any atom is -0.493 e. The van der Waals surface area contributed by atoms with Gasteiger partial charge >= 0.3 is 5.97 Å². The molecule has 0 aliphatic carbocycles. The van der Waals surface area contributed by atoms with Crippen molar-refractivity contribution >= 4 is 29.5 Å². The summed E-state index contributed by atoms with van der Waals surface area (Å²) < 4.78 is 11.3. The van der Waals surface area contributed by atoms with Gasteiger partial charge < -0.3 is 14.6 Å². The zero-order chi connectivity index (χ0) is 23.0. The van der Waals surface area contributed by atoms with Crippen molar-refractivity contribution in [2.45, 2.75) is 35.3 Å². The van der Waals surface area contributed by atoms with E-state index in [1.807, 2.05) is 47.8 Å². The number of carboxylic acid groups (broad SMARTS) is 1. The third-order valence-electron chi connectivity index (χ3n) is 5.55. The van der Waals surface area contributed by atoms with Crippen molar-refractivity contribution < 1.29 is 19.4 Å². The monoisotopic (exact) mass is 480 g/mol. The molecular weight excluding hydrogens is 452 g/mol. The number of hydrogen-bond donors (Lipinski definition) is 1.